The van der Waals surface area contributed by atoms with E-state index >= 15 is 0 Å². The first-order chi connectivity index (χ1) is 5.22. The molecule has 0 aliphatic heterocycles. The van der Waals surface area contributed by atoms with Crippen LogP contribution in [0.4, 0.5) is 0 Å². The number of aliphatic hydroxyl groups is 1. The van der Waals surface area contributed by atoms with Crippen molar-refractivity contribution in [2.45, 2.75) is 6.42 Å². The maximum atomic E-state index is 10.7. The minimum Gasteiger partial charge on any atom is -0.396 e. The zero-order valence-corrected chi connectivity index (χ0v) is 6.43. The summed E-state index contributed by atoms with van der Waals surface area (Å²) >= 11 is 5.47. The number of aromatic amines is 1. The summed E-state index contributed by atoms with van der Waals surface area (Å²) in [5, 5.41) is 8.65. The largest absolute Gasteiger partial charge is 0.396 e. The number of nitrogens with one attached hydrogen (secondary N) is 1. The van der Waals surface area contributed by atoms with Crippen molar-refractivity contribution in [1.82, 2.24) is 9.97 Å². The van der Waals surface area contributed by atoms with Gasteiger partial charge >= 0.3 is 0 Å². The van der Waals surface area contributed by atoms with Crippen molar-refractivity contribution in [3.05, 3.63) is 27.4 Å². The first-order valence-corrected chi connectivity index (χ1v) is 3.47. The summed E-state index contributed by atoms with van der Waals surface area (Å²) in [6.07, 6.45) is 0.315. The van der Waals surface area contributed by atoms with Gasteiger partial charge in [0.05, 0.1) is 6.61 Å². The summed E-state index contributed by atoms with van der Waals surface area (Å²) in [6, 6.07) is 1.18. The Morgan fingerprint density at radius 3 is 3.00 bits per heavy atom. The molecule has 2 N–H and O–H groups in total. The Bertz CT molecular complexity index is 297. The molecule has 0 amide bonds. The van der Waals surface area contributed by atoms with Crippen LogP contribution < -0.4 is 5.56 Å². The second-order valence-corrected chi connectivity index (χ2v) is 2.38. The van der Waals surface area contributed by atoms with E-state index in [4.69, 9.17) is 16.7 Å². The summed E-state index contributed by atoms with van der Waals surface area (Å²) < 4.78 is 0. The molecule has 1 aromatic heterocycles. The number of halogens is 1. The maximum Gasteiger partial charge on any atom is 0.252 e. The van der Waals surface area contributed by atoms with Crippen LogP contribution in [0.5, 0.6) is 0 Å². The van der Waals surface area contributed by atoms with Crippen molar-refractivity contribution in [2.24, 2.45) is 0 Å². The number of hydrogen-bond acceptors (Lipinski definition) is 3. The highest BCUT2D eigenvalue weighted by Gasteiger charge is 1.96. The normalized spacial score (nSPS) is 10.0. The number of hydrogen-bond donors (Lipinski definition) is 2. The average molecular weight is 175 g/mol. The fraction of sp³-hybridized carbons (Fsp3) is 0.333. The Morgan fingerprint density at radius 1 is 1.73 bits per heavy atom. The van der Waals surface area contributed by atoms with Gasteiger partial charge in [-0.25, -0.2) is 4.98 Å². The molecule has 1 heterocycles. The van der Waals surface area contributed by atoms with Crippen molar-refractivity contribution < 1.29 is 5.11 Å². The van der Waals surface area contributed by atoms with Crippen molar-refractivity contribution >= 4 is 11.6 Å². The molecule has 60 valence electrons. The van der Waals surface area contributed by atoms with Crippen LogP contribution in [0.3, 0.4) is 0 Å². The molecule has 4 nitrogen and oxygen atoms in total. The van der Waals surface area contributed by atoms with Gasteiger partial charge in [-0.05, 0) is 0 Å². The highest BCUT2D eigenvalue weighted by molar-refractivity contribution is 6.29. The van der Waals surface area contributed by atoms with Crippen LogP contribution in [0.25, 0.3) is 0 Å². The molecule has 0 saturated heterocycles. The molecule has 0 saturated carbocycles. The predicted octanol–water partition coefficient (Wildman–Crippen LogP) is -0.0419. The van der Waals surface area contributed by atoms with E-state index in [-0.39, 0.29) is 17.3 Å². The van der Waals surface area contributed by atoms with Gasteiger partial charge in [0.1, 0.15) is 11.0 Å². The molecular weight excluding hydrogens is 168 g/mol. The van der Waals surface area contributed by atoms with Crippen molar-refractivity contribution in [3.8, 4) is 0 Å². The molecule has 0 aliphatic carbocycles. The first kappa shape index (κ1) is 8.23. The number of nitrogens with zero attached hydrogens (tertiary/aromatic N) is 1. The quantitative estimate of drug-likeness (QED) is 0.619. The molecule has 0 radical (unpaired) electrons. The Kier molecular flexibility index (Phi) is 2.62. The van der Waals surface area contributed by atoms with Gasteiger partial charge in [0.25, 0.3) is 5.56 Å². The highest BCUT2D eigenvalue weighted by Crippen LogP contribution is 1.98. The fourth-order valence-electron chi connectivity index (χ4n) is 0.700. The standard InChI is InChI=1S/C6H7ClN2O2/c7-4-3-6(11)9-5(8-4)1-2-10/h3,10H,1-2H2,(H,8,9,11). The number of aromatic nitrogens is 2. The van der Waals surface area contributed by atoms with E-state index in [1.165, 1.54) is 6.07 Å². The molecule has 1 rings (SSSR count). The fourth-order valence-corrected chi connectivity index (χ4v) is 0.901. The molecule has 5 heteroatoms. The summed E-state index contributed by atoms with van der Waals surface area (Å²) in [5.74, 6) is 0.407. The Labute approximate surface area is 67.9 Å². The lowest BCUT2D eigenvalue weighted by atomic mass is 10.4. The Hall–Kier alpha value is -0.870. The van der Waals surface area contributed by atoms with Crippen LogP contribution in [0.15, 0.2) is 10.9 Å². The lowest BCUT2D eigenvalue weighted by Crippen LogP contribution is -2.10. The van der Waals surface area contributed by atoms with E-state index in [0.717, 1.165) is 0 Å². The van der Waals surface area contributed by atoms with Gasteiger partial charge in [-0.3, -0.25) is 4.79 Å². The average Bonchev–Trinajstić information content (AvgIpc) is 1.85. The first-order valence-electron chi connectivity index (χ1n) is 3.09. The summed E-state index contributed by atoms with van der Waals surface area (Å²) in [5.41, 5.74) is -0.298. The summed E-state index contributed by atoms with van der Waals surface area (Å²) in [4.78, 5) is 16.9. The Balaban J connectivity index is 2.99. The van der Waals surface area contributed by atoms with Gasteiger partial charge in [0.15, 0.2) is 0 Å². The lowest BCUT2D eigenvalue weighted by molar-refractivity contribution is 0.296. The summed E-state index contributed by atoms with van der Waals surface area (Å²) in [7, 11) is 0. The number of H-pyrrole nitrogens is 1. The van der Waals surface area contributed by atoms with Crippen molar-refractivity contribution in [1.29, 1.82) is 0 Å². The predicted molar refractivity (Wildman–Crippen MR) is 40.7 cm³/mol. The third-order valence-corrected chi connectivity index (χ3v) is 1.30. The third-order valence-electron chi connectivity index (χ3n) is 1.11. The maximum absolute atomic E-state index is 10.7. The van der Waals surface area contributed by atoms with Gasteiger partial charge in [0.2, 0.25) is 0 Å². The van der Waals surface area contributed by atoms with Gasteiger partial charge in [-0.15, -0.1) is 0 Å². The van der Waals surface area contributed by atoms with E-state index < -0.39 is 0 Å². The molecule has 0 bridgehead atoms. The SMILES string of the molecule is O=c1cc(Cl)nc(CCO)[nH]1. The second-order valence-electron chi connectivity index (χ2n) is 1.99. The van der Waals surface area contributed by atoms with Crippen LogP contribution in [0.1, 0.15) is 5.82 Å². The van der Waals surface area contributed by atoms with Crippen LogP contribution in [0.2, 0.25) is 5.15 Å². The molecule has 0 atom stereocenters. The van der Waals surface area contributed by atoms with E-state index in [2.05, 4.69) is 9.97 Å². The van der Waals surface area contributed by atoms with E-state index in [1.54, 1.807) is 0 Å². The lowest BCUT2D eigenvalue weighted by Gasteiger charge is -1.95. The Morgan fingerprint density at radius 2 is 2.45 bits per heavy atom. The molecule has 11 heavy (non-hydrogen) atoms. The van der Waals surface area contributed by atoms with Crippen LogP contribution in [0, 0.1) is 0 Å². The van der Waals surface area contributed by atoms with E-state index in [1.807, 2.05) is 0 Å². The zero-order valence-electron chi connectivity index (χ0n) is 5.67. The van der Waals surface area contributed by atoms with Gasteiger partial charge in [0, 0.05) is 12.5 Å². The molecule has 0 spiro atoms. The van der Waals surface area contributed by atoms with E-state index in [9.17, 15) is 4.79 Å². The minimum absolute atomic E-state index is 0.0523. The van der Waals surface area contributed by atoms with Crippen LogP contribution >= 0.6 is 11.6 Å². The molecular formula is C6H7ClN2O2. The van der Waals surface area contributed by atoms with Crippen LogP contribution in [-0.2, 0) is 6.42 Å². The second kappa shape index (κ2) is 3.50. The highest BCUT2D eigenvalue weighted by atomic mass is 35.5. The van der Waals surface area contributed by atoms with Crippen molar-refractivity contribution in [2.75, 3.05) is 6.61 Å². The third kappa shape index (κ3) is 2.32. The number of rotatable bonds is 2. The monoisotopic (exact) mass is 174 g/mol. The van der Waals surface area contributed by atoms with Crippen molar-refractivity contribution in [3.63, 3.8) is 0 Å². The molecule has 0 aromatic carbocycles. The summed E-state index contributed by atoms with van der Waals surface area (Å²) in [6.45, 7) is -0.0523. The van der Waals surface area contributed by atoms with Gasteiger partial charge in [-0.2, -0.15) is 0 Å². The molecule has 0 fully saturated rings. The van der Waals surface area contributed by atoms with Crippen LogP contribution in [-0.4, -0.2) is 21.7 Å². The van der Waals surface area contributed by atoms with Gasteiger partial charge in [-0.1, -0.05) is 11.6 Å². The van der Waals surface area contributed by atoms with Gasteiger partial charge < -0.3 is 10.1 Å². The zero-order chi connectivity index (χ0) is 8.27. The molecule has 0 aliphatic rings. The van der Waals surface area contributed by atoms with E-state index in [0.29, 0.717) is 12.2 Å². The minimum atomic E-state index is -0.298. The molecule has 0 unspecified atom stereocenters. The topological polar surface area (TPSA) is 66.0 Å². The number of aliphatic hydroxyl groups excluding tert-OH is 1. The smallest absolute Gasteiger partial charge is 0.252 e. The molecule has 1 aromatic rings.